The summed E-state index contributed by atoms with van der Waals surface area (Å²) in [5, 5.41) is 14.2. The monoisotopic (exact) mass is 626 g/mol. The van der Waals surface area contributed by atoms with E-state index in [1.54, 1.807) is 17.4 Å². The van der Waals surface area contributed by atoms with Gasteiger partial charge in [0.15, 0.2) is 11.6 Å². The van der Waals surface area contributed by atoms with Crippen molar-refractivity contribution in [2.45, 2.75) is 88.7 Å². The van der Waals surface area contributed by atoms with Gasteiger partial charge in [0.05, 0.1) is 12.6 Å². The van der Waals surface area contributed by atoms with Gasteiger partial charge in [-0.05, 0) is 48.6 Å². The zero-order valence-corrected chi connectivity index (χ0v) is 24.1. The van der Waals surface area contributed by atoms with Gasteiger partial charge >= 0.3 is 18.0 Å². The lowest BCUT2D eigenvalue weighted by atomic mass is 9.82. The van der Waals surface area contributed by atoms with Crippen molar-refractivity contribution in [1.29, 1.82) is 5.26 Å². The predicted octanol–water partition coefficient (Wildman–Crippen LogP) is 2.78. The van der Waals surface area contributed by atoms with Crippen LogP contribution in [0.5, 0.6) is 5.75 Å². The number of piperidine rings is 1. The number of hydrogen-bond donors (Lipinski definition) is 2. The van der Waals surface area contributed by atoms with Crippen molar-refractivity contribution in [3.8, 4) is 11.8 Å². The van der Waals surface area contributed by atoms with Crippen molar-refractivity contribution >= 4 is 29.4 Å². The zero-order chi connectivity index (χ0) is 32.5. The Morgan fingerprint density at radius 1 is 1.14 bits per heavy atom. The molecule has 5 rings (SSSR count). The summed E-state index contributed by atoms with van der Waals surface area (Å²) in [4.78, 5) is 59.7. The van der Waals surface area contributed by atoms with Gasteiger partial charge in [0.25, 0.3) is 5.91 Å². The number of amides is 4. The molecule has 238 valence electrons. The number of carbonyl (C=O) groups is 4. The normalized spacial score (nSPS) is 26.8. The third-order valence-electron chi connectivity index (χ3n) is 8.92. The highest BCUT2D eigenvalue weighted by atomic mass is 19.4. The number of likely N-dealkylation sites (tertiary alicyclic amines) is 2. The Balaban J connectivity index is 1.43. The average molecular weight is 627 g/mol. The molecule has 2 spiro atoms. The van der Waals surface area contributed by atoms with Gasteiger partial charge in [-0.3, -0.25) is 19.2 Å². The van der Waals surface area contributed by atoms with E-state index in [1.165, 1.54) is 27.0 Å². The Kier molecular flexibility index (Phi) is 7.33. The zero-order valence-electron chi connectivity index (χ0n) is 24.1. The second kappa shape index (κ2) is 10.3. The van der Waals surface area contributed by atoms with Gasteiger partial charge in [0, 0.05) is 19.2 Å². The van der Waals surface area contributed by atoms with Gasteiger partial charge in [-0.1, -0.05) is 20.8 Å². The molecule has 2 N–H and O–H groups in total. The van der Waals surface area contributed by atoms with E-state index >= 15 is 0 Å². The molecule has 4 unspecified atom stereocenters. The van der Waals surface area contributed by atoms with Gasteiger partial charge in [-0.15, -0.1) is 0 Å². The maximum Gasteiger partial charge on any atom is 0.463 e. The fraction of sp³-hybridized carbons (Fsp3) is 0.643. The van der Waals surface area contributed by atoms with Crippen LogP contribution in [-0.4, -0.2) is 87.3 Å². The number of anilines is 1. The number of halogens is 5. The summed E-state index contributed by atoms with van der Waals surface area (Å²) in [6, 6.07) is 0.954. The first-order valence-electron chi connectivity index (χ1n) is 14.1. The SMILES string of the molecule is CC(C)(C)C(NC(=O)C(F)(F)C(F)(F)F)C(=O)N1CCC2(CC2)CC1C(=O)N1CC2(CC1C#N)Oc1cccnc1NC2=O. The first-order valence-corrected chi connectivity index (χ1v) is 14.1. The average Bonchev–Trinajstić information content (AvgIpc) is 3.58. The smallest absolute Gasteiger partial charge is 0.463 e. The Morgan fingerprint density at radius 2 is 1.82 bits per heavy atom. The van der Waals surface area contributed by atoms with Crippen LogP contribution < -0.4 is 15.4 Å². The Bertz CT molecular complexity index is 1430. The summed E-state index contributed by atoms with van der Waals surface area (Å²) in [6.45, 7) is 3.78. The second-order valence-electron chi connectivity index (χ2n) is 13.1. The number of nitriles is 1. The Hall–Kier alpha value is -4.03. The van der Waals surface area contributed by atoms with Gasteiger partial charge < -0.3 is 25.2 Å². The van der Waals surface area contributed by atoms with Crippen LogP contribution in [0.3, 0.4) is 0 Å². The van der Waals surface area contributed by atoms with E-state index in [-0.39, 0.29) is 42.9 Å². The van der Waals surface area contributed by atoms with Crippen LogP contribution in [0.15, 0.2) is 18.3 Å². The van der Waals surface area contributed by atoms with E-state index in [2.05, 4.69) is 10.3 Å². The topological polar surface area (TPSA) is 145 Å². The molecule has 1 aromatic heterocycles. The largest absolute Gasteiger partial charge is 0.472 e. The van der Waals surface area contributed by atoms with Crippen LogP contribution >= 0.6 is 0 Å². The molecule has 3 fully saturated rings. The molecule has 11 nitrogen and oxygen atoms in total. The maximum atomic E-state index is 14.2. The van der Waals surface area contributed by atoms with Crippen molar-refractivity contribution in [2.24, 2.45) is 10.8 Å². The minimum Gasteiger partial charge on any atom is -0.472 e. The summed E-state index contributed by atoms with van der Waals surface area (Å²) in [6.07, 6.45) is -2.80. The Labute approximate surface area is 249 Å². The first-order chi connectivity index (χ1) is 20.3. The highest BCUT2D eigenvalue weighted by molar-refractivity contribution is 6.01. The highest BCUT2D eigenvalue weighted by Crippen LogP contribution is 2.56. The van der Waals surface area contributed by atoms with Crippen molar-refractivity contribution in [1.82, 2.24) is 20.1 Å². The summed E-state index contributed by atoms with van der Waals surface area (Å²) in [5.41, 5.74) is -3.24. The number of aromatic nitrogens is 1. The minimum absolute atomic E-state index is 0.0282. The van der Waals surface area contributed by atoms with Crippen LogP contribution in [0, 0.1) is 22.2 Å². The molecule has 4 heterocycles. The van der Waals surface area contributed by atoms with Crippen LogP contribution in [-0.2, 0) is 19.2 Å². The first kappa shape index (κ1) is 31.4. The molecule has 4 aliphatic rings. The van der Waals surface area contributed by atoms with Crippen LogP contribution in [0.2, 0.25) is 0 Å². The number of nitrogens with one attached hydrogen (secondary N) is 2. The number of alkyl halides is 5. The summed E-state index contributed by atoms with van der Waals surface area (Å²) >= 11 is 0. The molecule has 1 aliphatic carbocycles. The lowest BCUT2D eigenvalue weighted by Crippen LogP contribution is -2.64. The van der Waals surface area contributed by atoms with Crippen LogP contribution in [0.1, 0.15) is 52.9 Å². The van der Waals surface area contributed by atoms with Crippen molar-refractivity contribution < 1.29 is 45.9 Å². The molecule has 2 saturated heterocycles. The lowest BCUT2D eigenvalue weighted by Gasteiger charge is -2.44. The lowest BCUT2D eigenvalue weighted by molar-refractivity contribution is -0.270. The Morgan fingerprint density at radius 3 is 2.41 bits per heavy atom. The van der Waals surface area contributed by atoms with E-state index < -0.39 is 64.9 Å². The molecule has 1 saturated carbocycles. The van der Waals surface area contributed by atoms with E-state index in [1.807, 2.05) is 6.07 Å². The summed E-state index contributed by atoms with van der Waals surface area (Å²) in [7, 11) is 0. The van der Waals surface area contributed by atoms with Crippen LogP contribution in [0.25, 0.3) is 0 Å². The summed E-state index contributed by atoms with van der Waals surface area (Å²) < 4.78 is 72.5. The number of nitrogens with zero attached hydrogens (tertiary/aromatic N) is 4. The fourth-order valence-corrected chi connectivity index (χ4v) is 6.11. The third kappa shape index (κ3) is 5.30. The number of fused-ring (bicyclic) bond motifs is 1. The molecular weight excluding hydrogens is 595 g/mol. The molecule has 0 aromatic carbocycles. The molecule has 4 amide bonds. The van der Waals surface area contributed by atoms with Gasteiger partial charge in [-0.25, -0.2) is 4.98 Å². The minimum atomic E-state index is -6.19. The molecule has 4 atom stereocenters. The van der Waals surface area contributed by atoms with Crippen molar-refractivity contribution in [3.63, 3.8) is 0 Å². The van der Waals surface area contributed by atoms with Crippen molar-refractivity contribution in [2.75, 3.05) is 18.4 Å². The van der Waals surface area contributed by atoms with Gasteiger partial charge in [-0.2, -0.15) is 27.2 Å². The highest BCUT2D eigenvalue weighted by Gasteiger charge is 2.64. The second-order valence-corrected chi connectivity index (χ2v) is 13.1. The molecule has 1 aromatic rings. The number of pyridine rings is 1. The number of ether oxygens (including phenoxy) is 1. The number of carbonyl (C=O) groups excluding carboxylic acids is 4. The van der Waals surface area contributed by atoms with E-state index in [4.69, 9.17) is 4.74 Å². The predicted molar refractivity (Wildman–Crippen MR) is 141 cm³/mol. The van der Waals surface area contributed by atoms with Gasteiger partial charge in [0.1, 0.15) is 18.1 Å². The van der Waals surface area contributed by atoms with E-state index in [0.717, 1.165) is 22.6 Å². The van der Waals surface area contributed by atoms with Gasteiger partial charge in [0.2, 0.25) is 17.4 Å². The van der Waals surface area contributed by atoms with Crippen molar-refractivity contribution in [3.05, 3.63) is 18.3 Å². The third-order valence-corrected chi connectivity index (χ3v) is 8.92. The molecule has 3 aliphatic heterocycles. The standard InChI is InChI=1S/C28H31F5N6O5/c1-24(2,3)18(36-23(43)27(29,30)28(31,32)33)21(41)38-10-8-25(6-7-25)12-16(38)20(40)39-14-26(11-15(39)13-34)22(42)37-19-17(44-26)5-4-9-35-19/h4-5,9,15-16,18H,6-8,10-12,14H2,1-3H3,(H,36,43)(H,35,37,42). The van der Waals surface area contributed by atoms with Crippen LogP contribution in [0.4, 0.5) is 27.8 Å². The van der Waals surface area contributed by atoms with E-state index in [9.17, 15) is 46.4 Å². The van der Waals surface area contributed by atoms with E-state index in [0.29, 0.717) is 6.42 Å². The molecule has 44 heavy (non-hydrogen) atoms. The molecular formula is C28H31F5N6O5. The molecule has 0 radical (unpaired) electrons. The quantitative estimate of drug-likeness (QED) is 0.489. The number of hydrogen-bond acceptors (Lipinski definition) is 7. The molecule has 0 bridgehead atoms. The maximum absolute atomic E-state index is 14.2. The molecule has 16 heteroatoms. The number of rotatable bonds is 4. The fourth-order valence-electron chi connectivity index (χ4n) is 6.11. The summed E-state index contributed by atoms with van der Waals surface area (Å²) in [5.74, 6) is -10.3.